The molecule has 8 aromatic carbocycles. The Morgan fingerprint density at radius 3 is 1.68 bits per heavy atom. The molecule has 1 aliphatic heterocycles. The normalized spacial score (nSPS) is 14.7. The molecule has 9 aromatic rings. The van der Waals surface area contributed by atoms with Crippen LogP contribution in [0, 0.1) is 0 Å². The lowest BCUT2D eigenvalue weighted by atomic mass is 9.86. The Bertz CT molecular complexity index is 3490. The zero-order chi connectivity index (χ0) is 51.3. The molecular weight excluding hydrogens is 914 g/mol. The molecule has 1 aromatic heterocycles. The first-order chi connectivity index (χ1) is 34.9. The van der Waals surface area contributed by atoms with E-state index in [-0.39, 0.29) is 22.9 Å². The van der Waals surface area contributed by atoms with Gasteiger partial charge in [0.1, 0.15) is 36.0 Å². The topological polar surface area (TPSA) is 49.7 Å². The van der Waals surface area contributed by atoms with Gasteiger partial charge >= 0.3 is 7.37 Å². The minimum atomic E-state index is -4.00. The van der Waals surface area contributed by atoms with Crippen LogP contribution in [-0.4, -0.2) is 4.57 Å². The average Bonchev–Trinajstić information content (AvgIpc) is 3.73. The molecule has 0 radical (unpaired) electrons. The highest BCUT2D eigenvalue weighted by Crippen LogP contribution is 2.58. The van der Waals surface area contributed by atoms with Crippen LogP contribution in [0.4, 0.5) is 0 Å². The Morgan fingerprint density at radius 1 is 0.521 bits per heavy atom. The second-order valence-electron chi connectivity index (χ2n) is 23.1. The number of fused-ring (bicyclic) bond motifs is 6. The van der Waals surface area contributed by atoms with Gasteiger partial charge in [0, 0.05) is 22.7 Å². The molecule has 0 spiro atoms. The Balaban J connectivity index is 1.27. The molecule has 1 unspecified atom stereocenters. The maximum absolute atomic E-state index is 16.8. The maximum atomic E-state index is 16.8. The first-order valence-corrected chi connectivity index (χ1v) is 27.8. The quantitative estimate of drug-likeness (QED) is 0.0853. The largest absolute Gasteiger partial charge is 0.487 e. The number of aryl methyl sites for hydroxylation is 1. The Hall–Kier alpha value is -6.81. The standard InChI is InChI=1S/C67H70NO4P/c1-11-12-13-18-45-23-25-46(26-24-45)43-70-59-42-61(73(69)60-22-17-15-20-55(60)54-19-14-16-21-58(54)72-73)64(71-44-47-27-32-50(33-28-47)65(2,3)4)62-56-41-49(48-29-34-51(35-30-48)66(5,6)7)31-40-57(56)68(63(59)62)53-38-36-52(37-39-53)67(8,9)10/h14-17,19-42H,11-13,18,43-44H2,1-10H3. The van der Waals surface area contributed by atoms with Gasteiger partial charge < -0.3 is 18.6 Å². The maximum Gasteiger partial charge on any atom is 0.311 e. The van der Waals surface area contributed by atoms with Crippen LogP contribution in [0.2, 0.25) is 0 Å². The fraction of sp³-hybridized carbons (Fsp3) is 0.284. The summed E-state index contributed by atoms with van der Waals surface area (Å²) in [4.78, 5) is 0. The molecule has 73 heavy (non-hydrogen) atoms. The Labute approximate surface area is 433 Å². The summed E-state index contributed by atoms with van der Waals surface area (Å²) < 4.78 is 40.7. The first kappa shape index (κ1) is 49.8. The fourth-order valence-electron chi connectivity index (χ4n) is 10.2. The summed E-state index contributed by atoms with van der Waals surface area (Å²) in [6.45, 7) is 22.9. The second kappa shape index (κ2) is 19.6. The molecule has 6 heteroatoms. The van der Waals surface area contributed by atoms with Gasteiger partial charge in [0.2, 0.25) is 0 Å². The van der Waals surface area contributed by atoms with E-state index in [0.717, 1.165) is 67.3 Å². The Morgan fingerprint density at radius 2 is 1.05 bits per heavy atom. The number of para-hydroxylation sites is 1. The number of aromatic nitrogens is 1. The number of benzene rings is 8. The monoisotopic (exact) mass is 984 g/mol. The van der Waals surface area contributed by atoms with Crippen molar-refractivity contribution in [3.63, 3.8) is 0 Å². The Kier molecular flexibility index (Phi) is 13.3. The van der Waals surface area contributed by atoms with Gasteiger partial charge in [0.25, 0.3) is 0 Å². The van der Waals surface area contributed by atoms with Gasteiger partial charge in [-0.25, -0.2) is 0 Å². The third-order valence-corrected chi connectivity index (χ3v) is 17.1. The van der Waals surface area contributed by atoms with Crippen LogP contribution in [-0.2, 0) is 40.4 Å². The molecule has 0 bridgehead atoms. The molecule has 5 nitrogen and oxygen atoms in total. The third-order valence-electron chi connectivity index (χ3n) is 14.6. The minimum Gasteiger partial charge on any atom is -0.487 e. The molecule has 10 rings (SSSR count). The molecule has 1 aliphatic rings. The van der Waals surface area contributed by atoms with Crippen LogP contribution in [0.15, 0.2) is 170 Å². The van der Waals surface area contributed by atoms with Crippen LogP contribution in [0.25, 0.3) is 49.7 Å². The van der Waals surface area contributed by atoms with Crippen molar-refractivity contribution in [1.82, 2.24) is 4.57 Å². The van der Waals surface area contributed by atoms with Crippen molar-refractivity contribution in [2.75, 3.05) is 0 Å². The molecule has 0 saturated heterocycles. The number of hydrogen-bond donors (Lipinski definition) is 0. The van der Waals surface area contributed by atoms with Gasteiger partial charge in [-0.1, -0.05) is 209 Å². The second-order valence-corrected chi connectivity index (χ2v) is 25.3. The summed E-state index contributed by atoms with van der Waals surface area (Å²) in [5.74, 6) is 1.66. The zero-order valence-electron chi connectivity index (χ0n) is 44.4. The number of unbranched alkanes of at least 4 members (excludes halogenated alkanes) is 2. The summed E-state index contributed by atoms with van der Waals surface area (Å²) in [5, 5.41) is 2.84. The van der Waals surface area contributed by atoms with Crippen molar-refractivity contribution in [3.8, 4) is 45.2 Å². The molecule has 1 atom stereocenters. The van der Waals surface area contributed by atoms with Gasteiger partial charge in [-0.05, 0) is 116 Å². The molecule has 0 saturated carbocycles. The van der Waals surface area contributed by atoms with E-state index in [0.29, 0.717) is 34.5 Å². The van der Waals surface area contributed by atoms with Gasteiger partial charge in [-0.2, -0.15) is 0 Å². The molecule has 2 heterocycles. The van der Waals surface area contributed by atoms with Crippen molar-refractivity contribution in [1.29, 1.82) is 0 Å². The van der Waals surface area contributed by atoms with Crippen LogP contribution in [0.3, 0.4) is 0 Å². The highest BCUT2D eigenvalue weighted by atomic mass is 31.2. The van der Waals surface area contributed by atoms with Crippen molar-refractivity contribution in [3.05, 3.63) is 203 Å². The highest BCUT2D eigenvalue weighted by Gasteiger charge is 2.42. The molecule has 0 aliphatic carbocycles. The number of nitrogens with zero attached hydrogens (tertiary/aromatic N) is 1. The van der Waals surface area contributed by atoms with Crippen LogP contribution in [0.1, 0.15) is 122 Å². The van der Waals surface area contributed by atoms with E-state index >= 15 is 4.57 Å². The lowest BCUT2D eigenvalue weighted by molar-refractivity contribution is 0.304. The number of hydrogen-bond acceptors (Lipinski definition) is 4. The smallest absolute Gasteiger partial charge is 0.311 e. The summed E-state index contributed by atoms with van der Waals surface area (Å²) >= 11 is 0. The lowest BCUT2D eigenvalue weighted by Gasteiger charge is -2.30. The predicted molar refractivity (Wildman–Crippen MR) is 306 cm³/mol. The number of ether oxygens (including phenoxy) is 2. The summed E-state index contributed by atoms with van der Waals surface area (Å²) in [7, 11) is -4.00. The number of rotatable bonds is 13. The molecular formula is C67H70NO4P. The van der Waals surface area contributed by atoms with Crippen LogP contribution < -0.4 is 24.6 Å². The lowest BCUT2D eigenvalue weighted by Crippen LogP contribution is -2.27. The SMILES string of the molecule is CCCCCc1ccc(COc2cc(P3(=O)Oc4ccccc4-c4ccccc43)c(OCc3ccc(C(C)(C)C)cc3)c3c4cc(-c5ccc(C(C)(C)C)cc5)ccc4n(-c4ccc(C(C)(C)C)cc4)c23)cc1. The van der Waals surface area contributed by atoms with Gasteiger partial charge in [0.05, 0.1) is 21.5 Å². The summed E-state index contributed by atoms with van der Waals surface area (Å²) in [6.07, 6.45) is 4.63. The van der Waals surface area contributed by atoms with Crippen LogP contribution in [0.5, 0.6) is 17.2 Å². The fourth-order valence-corrected chi connectivity index (χ4v) is 12.6. The summed E-state index contributed by atoms with van der Waals surface area (Å²) in [5.41, 5.74) is 13.8. The van der Waals surface area contributed by atoms with E-state index < -0.39 is 7.37 Å². The van der Waals surface area contributed by atoms with Gasteiger partial charge in [-0.15, -0.1) is 0 Å². The average molecular weight is 984 g/mol. The molecule has 372 valence electrons. The van der Waals surface area contributed by atoms with E-state index in [1.165, 1.54) is 41.5 Å². The predicted octanol–water partition coefficient (Wildman–Crippen LogP) is 17.5. The van der Waals surface area contributed by atoms with E-state index in [1.54, 1.807) is 0 Å². The molecule has 0 N–H and O–H groups in total. The first-order valence-electron chi connectivity index (χ1n) is 26.2. The van der Waals surface area contributed by atoms with E-state index in [4.69, 9.17) is 14.0 Å². The van der Waals surface area contributed by atoms with Gasteiger partial charge in [0.15, 0.2) is 0 Å². The van der Waals surface area contributed by atoms with Crippen molar-refractivity contribution in [2.45, 2.75) is 124 Å². The molecule has 0 amide bonds. The molecule has 0 fully saturated rings. The van der Waals surface area contributed by atoms with E-state index in [9.17, 15) is 0 Å². The third kappa shape index (κ3) is 9.90. The van der Waals surface area contributed by atoms with Gasteiger partial charge in [-0.3, -0.25) is 4.57 Å². The minimum absolute atomic E-state index is 0.00959. The summed E-state index contributed by atoms with van der Waals surface area (Å²) in [6, 6.07) is 59.8. The highest BCUT2D eigenvalue weighted by molar-refractivity contribution is 7.75. The van der Waals surface area contributed by atoms with E-state index in [1.807, 2.05) is 54.6 Å². The zero-order valence-corrected chi connectivity index (χ0v) is 45.3. The van der Waals surface area contributed by atoms with Crippen molar-refractivity contribution in [2.24, 2.45) is 0 Å². The van der Waals surface area contributed by atoms with E-state index in [2.05, 4.69) is 189 Å². The van der Waals surface area contributed by atoms with Crippen molar-refractivity contribution < 1.29 is 18.6 Å². The van der Waals surface area contributed by atoms with Crippen molar-refractivity contribution >= 4 is 39.8 Å². The van der Waals surface area contributed by atoms with Crippen LogP contribution >= 0.6 is 7.37 Å².